The summed E-state index contributed by atoms with van der Waals surface area (Å²) < 4.78 is 70.3. The first-order chi connectivity index (χ1) is 17.9. The maximum Gasteiger partial charge on any atom is 0.390 e. The number of halogens is 3. The first-order valence-electron chi connectivity index (χ1n) is 11.3. The number of pyridine rings is 1. The number of anilines is 1. The smallest absolute Gasteiger partial charge is 0.390 e. The van der Waals surface area contributed by atoms with E-state index in [2.05, 4.69) is 25.8 Å². The Morgan fingerprint density at radius 1 is 1.24 bits per heavy atom. The molecular formula is C22H24F3N7O5S. The summed E-state index contributed by atoms with van der Waals surface area (Å²) in [5.41, 5.74) is 1.44. The van der Waals surface area contributed by atoms with Crippen LogP contribution in [0.4, 0.5) is 19.0 Å². The molecule has 2 N–H and O–H groups in total. The third-order valence-electron chi connectivity index (χ3n) is 5.89. The van der Waals surface area contributed by atoms with Crippen molar-refractivity contribution < 1.29 is 36.2 Å². The van der Waals surface area contributed by atoms with Crippen LogP contribution in [0.5, 0.6) is 5.75 Å². The fourth-order valence-corrected chi connectivity index (χ4v) is 5.28. The highest BCUT2D eigenvalue weighted by Gasteiger charge is 2.35. The van der Waals surface area contributed by atoms with E-state index < -0.39 is 40.3 Å². The highest BCUT2D eigenvalue weighted by molar-refractivity contribution is 7.89. The van der Waals surface area contributed by atoms with Crippen LogP contribution >= 0.6 is 0 Å². The van der Waals surface area contributed by atoms with Gasteiger partial charge in [0.1, 0.15) is 17.3 Å². The number of tetrazole rings is 1. The second-order valence-corrected chi connectivity index (χ2v) is 10.7. The molecule has 0 saturated carbocycles. The van der Waals surface area contributed by atoms with Crippen LogP contribution in [0.25, 0.3) is 11.5 Å². The van der Waals surface area contributed by atoms with Crippen LogP contribution in [0.15, 0.2) is 30.3 Å². The zero-order valence-corrected chi connectivity index (χ0v) is 21.1. The summed E-state index contributed by atoms with van der Waals surface area (Å²) in [5.74, 6) is -1.05. The number of sulfonamides is 1. The van der Waals surface area contributed by atoms with Gasteiger partial charge in [0.2, 0.25) is 15.8 Å². The summed E-state index contributed by atoms with van der Waals surface area (Å²) in [5, 5.41) is 23.5. The number of nitrogens with zero attached hydrogens (tertiary/aromatic N) is 6. The van der Waals surface area contributed by atoms with E-state index in [-0.39, 0.29) is 42.7 Å². The number of alkyl halides is 3. The molecule has 12 nitrogen and oxygen atoms in total. The lowest BCUT2D eigenvalue weighted by molar-refractivity contribution is -0.130. The molecular weight excluding hydrogens is 531 g/mol. The largest absolute Gasteiger partial charge is 0.496 e. The van der Waals surface area contributed by atoms with Crippen LogP contribution < -0.4 is 10.1 Å². The molecule has 0 radical (unpaired) electrons. The van der Waals surface area contributed by atoms with Gasteiger partial charge in [0.05, 0.1) is 37.5 Å². The van der Waals surface area contributed by atoms with Gasteiger partial charge >= 0.3 is 6.18 Å². The molecule has 38 heavy (non-hydrogen) atoms. The molecule has 16 heteroatoms. The van der Waals surface area contributed by atoms with Crippen molar-refractivity contribution in [2.45, 2.75) is 38.7 Å². The van der Waals surface area contributed by atoms with Crippen LogP contribution in [0.1, 0.15) is 40.9 Å². The second-order valence-electron chi connectivity index (χ2n) is 8.61. The number of ether oxygens (including phenoxy) is 1. The first-order valence-corrected chi connectivity index (χ1v) is 12.9. The van der Waals surface area contributed by atoms with Crippen LogP contribution in [0, 0.1) is 0 Å². The van der Waals surface area contributed by atoms with Crippen molar-refractivity contribution in [3.05, 3.63) is 47.0 Å². The molecule has 3 heterocycles. The standard InChI is InChI=1S/C22H24F3N7O5S/c1-13(12-33)32-20(28-29-30-32)17-4-3-5-19(26-17)27-21(34)16-8-14-10-31(11-15(14)9-18(16)37-2)38(35,36)7-6-22(23,24)25/h3-5,8-9,13,33H,6-7,10-12H2,1-2H3,(H,26,27,34)/t13-/m1/s1. The average Bonchev–Trinajstić information content (AvgIpc) is 3.53. The molecule has 1 atom stereocenters. The minimum Gasteiger partial charge on any atom is -0.496 e. The van der Waals surface area contributed by atoms with E-state index in [9.17, 15) is 31.5 Å². The van der Waals surface area contributed by atoms with E-state index in [1.54, 1.807) is 25.1 Å². The summed E-state index contributed by atoms with van der Waals surface area (Å²) >= 11 is 0. The van der Waals surface area contributed by atoms with E-state index in [1.807, 2.05) is 0 Å². The van der Waals surface area contributed by atoms with Crippen molar-refractivity contribution in [3.63, 3.8) is 0 Å². The summed E-state index contributed by atoms with van der Waals surface area (Å²) in [4.78, 5) is 17.5. The van der Waals surface area contributed by atoms with E-state index in [4.69, 9.17) is 4.74 Å². The number of nitrogens with one attached hydrogen (secondary N) is 1. The monoisotopic (exact) mass is 555 g/mol. The van der Waals surface area contributed by atoms with Crippen molar-refractivity contribution in [2.24, 2.45) is 0 Å². The Balaban J connectivity index is 1.54. The zero-order chi connectivity index (χ0) is 27.7. The van der Waals surface area contributed by atoms with E-state index in [0.717, 1.165) is 4.31 Å². The number of rotatable bonds is 9. The van der Waals surface area contributed by atoms with Gasteiger partial charge in [0, 0.05) is 13.1 Å². The van der Waals surface area contributed by atoms with Crippen molar-refractivity contribution in [1.82, 2.24) is 29.5 Å². The lowest BCUT2D eigenvalue weighted by Crippen LogP contribution is -2.30. The second kappa shape index (κ2) is 10.6. The van der Waals surface area contributed by atoms with Crippen molar-refractivity contribution in [1.29, 1.82) is 0 Å². The quantitative estimate of drug-likeness (QED) is 0.404. The van der Waals surface area contributed by atoms with Crippen molar-refractivity contribution in [3.8, 4) is 17.3 Å². The number of aliphatic hydroxyl groups excluding tert-OH is 1. The molecule has 0 unspecified atom stereocenters. The maximum absolute atomic E-state index is 13.1. The summed E-state index contributed by atoms with van der Waals surface area (Å²) in [7, 11) is -2.83. The van der Waals surface area contributed by atoms with E-state index in [0.29, 0.717) is 16.8 Å². The molecule has 2 aromatic heterocycles. The van der Waals surface area contributed by atoms with Gasteiger partial charge in [0.15, 0.2) is 0 Å². The van der Waals surface area contributed by atoms with Gasteiger partial charge in [-0.25, -0.2) is 18.1 Å². The van der Waals surface area contributed by atoms with Crippen LogP contribution in [-0.2, 0) is 23.1 Å². The number of methoxy groups -OCH3 is 1. The van der Waals surface area contributed by atoms with E-state index >= 15 is 0 Å². The predicted molar refractivity (Wildman–Crippen MR) is 127 cm³/mol. The van der Waals surface area contributed by atoms with E-state index in [1.165, 1.54) is 23.9 Å². The highest BCUT2D eigenvalue weighted by atomic mass is 32.2. The fraction of sp³-hybridized carbons (Fsp3) is 0.409. The Bertz CT molecular complexity index is 1450. The Labute approximate surface area is 215 Å². The molecule has 0 bridgehead atoms. The number of benzene rings is 1. The van der Waals surface area contributed by atoms with Gasteiger partial charge in [-0.2, -0.15) is 17.5 Å². The Hall–Kier alpha value is -3.63. The number of aromatic nitrogens is 5. The van der Waals surface area contributed by atoms with Gasteiger partial charge in [0.25, 0.3) is 5.91 Å². The molecule has 3 aromatic rings. The number of hydrogen-bond donors (Lipinski definition) is 2. The molecule has 0 aliphatic carbocycles. The fourth-order valence-electron chi connectivity index (χ4n) is 3.86. The minimum atomic E-state index is -4.59. The molecule has 1 aromatic carbocycles. The molecule has 4 rings (SSSR count). The van der Waals surface area contributed by atoms with Crippen LogP contribution in [-0.4, -0.2) is 74.6 Å². The lowest BCUT2D eigenvalue weighted by atomic mass is 10.0. The molecule has 0 saturated heterocycles. The Morgan fingerprint density at radius 3 is 2.61 bits per heavy atom. The van der Waals surface area contributed by atoms with Gasteiger partial charge in [-0.05, 0) is 52.7 Å². The molecule has 1 aliphatic rings. The van der Waals surface area contributed by atoms with Crippen molar-refractivity contribution in [2.75, 3.05) is 24.8 Å². The van der Waals surface area contributed by atoms with Crippen molar-refractivity contribution >= 4 is 21.7 Å². The predicted octanol–water partition coefficient (Wildman–Crippen LogP) is 2.15. The maximum atomic E-state index is 13.1. The topological polar surface area (TPSA) is 152 Å². The number of amides is 1. The molecule has 0 spiro atoms. The number of fused-ring (bicyclic) bond motifs is 1. The van der Waals surface area contributed by atoms with Crippen LogP contribution in [0.3, 0.4) is 0 Å². The minimum absolute atomic E-state index is 0.0896. The average molecular weight is 556 g/mol. The molecule has 1 aliphatic heterocycles. The van der Waals surface area contributed by atoms with Gasteiger partial charge < -0.3 is 15.2 Å². The zero-order valence-electron chi connectivity index (χ0n) is 20.3. The normalized spacial score (nSPS) is 14.8. The molecule has 1 amide bonds. The highest BCUT2D eigenvalue weighted by Crippen LogP contribution is 2.33. The summed E-state index contributed by atoms with van der Waals surface area (Å²) in [6, 6.07) is 7.34. The van der Waals surface area contributed by atoms with Crippen LogP contribution in [0.2, 0.25) is 0 Å². The lowest BCUT2D eigenvalue weighted by Gasteiger charge is -2.16. The number of carbonyl (C=O) groups excluding carboxylic acids is 1. The third-order valence-corrected chi connectivity index (χ3v) is 7.66. The summed E-state index contributed by atoms with van der Waals surface area (Å²) in [6.45, 7) is 1.22. The Kier molecular flexibility index (Phi) is 7.66. The number of carbonyl (C=O) groups is 1. The van der Waals surface area contributed by atoms with Gasteiger partial charge in [-0.1, -0.05) is 6.07 Å². The number of aliphatic hydroxyl groups is 1. The first kappa shape index (κ1) is 27.4. The van der Waals surface area contributed by atoms with Gasteiger partial charge in [-0.3, -0.25) is 4.79 Å². The molecule has 204 valence electrons. The Morgan fingerprint density at radius 2 is 1.95 bits per heavy atom. The SMILES string of the molecule is COc1cc2c(cc1C(=O)Nc1cccc(-c3nnnn3[C@H](C)CO)n1)CN(S(=O)(=O)CCC(F)(F)F)C2. The third kappa shape index (κ3) is 5.92. The number of hydrogen-bond acceptors (Lipinski definition) is 9. The summed E-state index contributed by atoms with van der Waals surface area (Å²) in [6.07, 6.45) is -6.04. The molecule has 0 fully saturated rings. The van der Waals surface area contributed by atoms with Gasteiger partial charge in [-0.15, -0.1) is 5.10 Å².